The molecule has 2 aromatic rings. The quantitative estimate of drug-likeness (QED) is 0.672. The highest BCUT2D eigenvalue weighted by atomic mass is 35.5. The molecule has 0 spiro atoms. The van der Waals surface area contributed by atoms with E-state index in [2.05, 4.69) is 11.4 Å². The molecule has 29 heavy (non-hydrogen) atoms. The van der Waals surface area contributed by atoms with Gasteiger partial charge in [0.05, 0.1) is 6.42 Å². The molecule has 1 N–H and O–H groups in total. The van der Waals surface area contributed by atoms with Gasteiger partial charge in [-0.05, 0) is 51.3 Å². The molecule has 2 atom stereocenters. The Labute approximate surface area is 179 Å². The number of hydrogen-bond acceptors (Lipinski definition) is 2. The fourth-order valence-electron chi connectivity index (χ4n) is 3.31. The van der Waals surface area contributed by atoms with Gasteiger partial charge in [0.2, 0.25) is 11.8 Å². The first kappa shape index (κ1) is 23.0. The zero-order valence-electron chi connectivity index (χ0n) is 18.0. The molecule has 2 unspecified atom stereocenters. The number of nitrogens with zero attached hydrogens (tertiary/aromatic N) is 1. The van der Waals surface area contributed by atoms with E-state index in [1.54, 1.807) is 17.9 Å². The van der Waals surface area contributed by atoms with Crippen LogP contribution in [0, 0.1) is 13.8 Å². The van der Waals surface area contributed by atoms with Gasteiger partial charge in [-0.2, -0.15) is 0 Å². The lowest BCUT2D eigenvalue weighted by Gasteiger charge is -2.30. The zero-order valence-corrected chi connectivity index (χ0v) is 18.7. The molecule has 0 aromatic heterocycles. The van der Waals surface area contributed by atoms with Crippen molar-refractivity contribution in [1.29, 1.82) is 0 Å². The Kier molecular flexibility index (Phi) is 8.27. The fraction of sp³-hybridized carbons (Fsp3) is 0.417. The summed E-state index contributed by atoms with van der Waals surface area (Å²) in [5.74, 6) is -0.248. The van der Waals surface area contributed by atoms with Crippen molar-refractivity contribution in [3.05, 3.63) is 69.7 Å². The van der Waals surface area contributed by atoms with Crippen molar-refractivity contribution >= 4 is 23.4 Å². The average Bonchev–Trinajstić information content (AvgIpc) is 2.65. The Morgan fingerprint density at radius 3 is 2.28 bits per heavy atom. The highest BCUT2D eigenvalue weighted by Gasteiger charge is 2.27. The number of carbonyl (C=O) groups excluding carboxylic acids is 2. The van der Waals surface area contributed by atoms with Gasteiger partial charge in [-0.25, -0.2) is 0 Å². The first-order chi connectivity index (χ1) is 13.7. The van der Waals surface area contributed by atoms with E-state index in [9.17, 15) is 9.59 Å². The second-order valence-electron chi connectivity index (χ2n) is 7.78. The van der Waals surface area contributed by atoms with Crippen LogP contribution in [0.5, 0.6) is 0 Å². The number of hydrogen-bond donors (Lipinski definition) is 1. The SMILES string of the molecule is CCC(C)NC(=O)C(C)N(Cc1ccccc1Cl)C(=O)Cc1cc(C)cc(C)c1. The van der Waals surface area contributed by atoms with Crippen LogP contribution in [0.2, 0.25) is 5.02 Å². The van der Waals surface area contributed by atoms with Crippen LogP contribution in [-0.2, 0) is 22.6 Å². The fourth-order valence-corrected chi connectivity index (χ4v) is 3.50. The van der Waals surface area contributed by atoms with Crippen molar-refractivity contribution in [3.8, 4) is 0 Å². The highest BCUT2D eigenvalue weighted by molar-refractivity contribution is 6.31. The second kappa shape index (κ2) is 10.4. The number of nitrogens with one attached hydrogen (secondary N) is 1. The molecule has 0 saturated carbocycles. The third kappa shape index (κ3) is 6.60. The van der Waals surface area contributed by atoms with Crippen LogP contribution in [0.4, 0.5) is 0 Å². The summed E-state index contributed by atoms with van der Waals surface area (Å²) in [5.41, 5.74) is 4.01. The number of aryl methyl sites for hydroxylation is 2. The van der Waals surface area contributed by atoms with E-state index in [-0.39, 0.29) is 24.3 Å². The van der Waals surface area contributed by atoms with Crippen LogP contribution in [0.3, 0.4) is 0 Å². The predicted molar refractivity (Wildman–Crippen MR) is 119 cm³/mol. The lowest BCUT2D eigenvalue weighted by Crippen LogP contribution is -2.50. The van der Waals surface area contributed by atoms with Gasteiger partial charge >= 0.3 is 0 Å². The van der Waals surface area contributed by atoms with E-state index in [1.165, 1.54) is 0 Å². The maximum atomic E-state index is 13.3. The van der Waals surface area contributed by atoms with Crippen LogP contribution in [0.15, 0.2) is 42.5 Å². The summed E-state index contributed by atoms with van der Waals surface area (Å²) < 4.78 is 0. The summed E-state index contributed by atoms with van der Waals surface area (Å²) in [5, 5.41) is 3.57. The Hall–Kier alpha value is -2.33. The number of halogens is 1. The molecule has 0 saturated heterocycles. The van der Waals surface area contributed by atoms with Gasteiger partial charge in [0.15, 0.2) is 0 Å². The molecular formula is C24H31ClN2O2. The molecule has 0 bridgehead atoms. The molecule has 0 fully saturated rings. The van der Waals surface area contributed by atoms with E-state index in [0.717, 1.165) is 28.7 Å². The Balaban J connectivity index is 2.28. The van der Waals surface area contributed by atoms with E-state index in [4.69, 9.17) is 11.6 Å². The van der Waals surface area contributed by atoms with E-state index in [1.807, 2.05) is 58.0 Å². The standard InChI is InChI=1S/C24H31ClN2O2/c1-6-18(4)26-24(29)19(5)27(15-21-9-7-8-10-22(21)25)23(28)14-20-12-16(2)11-17(3)13-20/h7-13,18-19H,6,14-15H2,1-5H3,(H,26,29). The van der Waals surface area contributed by atoms with Crippen molar-refractivity contribution in [2.45, 2.75) is 66.1 Å². The number of amides is 2. The third-order valence-electron chi connectivity index (χ3n) is 5.10. The van der Waals surface area contributed by atoms with Crippen LogP contribution in [-0.4, -0.2) is 28.8 Å². The summed E-state index contributed by atoms with van der Waals surface area (Å²) in [6.45, 7) is 10.1. The Bertz CT molecular complexity index is 845. The highest BCUT2D eigenvalue weighted by Crippen LogP contribution is 2.20. The van der Waals surface area contributed by atoms with Gasteiger partial charge in [-0.3, -0.25) is 9.59 Å². The van der Waals surface area contributed by atoms with Crippen molar-refractivity contribution in [3.63, 3.8) is 0 Å². The smallest absolute Gasteiger partial charge is 0.242 e. The minimum atomic E-state index is -0.598. The molecular weight excluding hydrogens is 384 g/mol. The molecule has 0 aliphatic carbocycles. The maximum absolute atomic E-state index is 13.3. The van der Waals surface area contributed by atoms with Crippen LogP contribution >= 0.6 is 11.6 Å². The van der Waals surface area contributed by atoms with Gasteiger partial charge in [0, 0.05) is 17.6 Å². The summed E-state index contributed by atoms with van der Waals surface area (Å²) in [4.78, 5) is 27.6. The summed E-state index contributed by atoms with van der Waals surface area (Å²) in [6.07, 6.45) is 1.08. The van der Waals surface area contributed by atoms with Crippen LogP contribution in [0.25, 0.3) is 0 Å². The predicted octanol–water partition coefficient (Wildman–Crippen LogP) is 4.83. The van der Waals surface area contributed by atoms with E-state index < -0.39 is 6.04 Å². The van der Waals surface area contributed by atoms with Gasteiger partial charge in [-0.15, -0.1) is 0 Å². The third-order valence-corrected chi connectivity index (χ3v) is 5.47. The van der Waals surface area contributed by atoms with Crippen molar-refractivity contribution in [1.82, 2.24) is 10.2 Å². The van der Waals surface area contributed by atoms with Gasteiger partial charge in [0.1, 0.15) is 6.04 Å². The first-order valence-corrected chi connectivity index (χ1v) is 10.5. The number of benzene rings is 2. The second-order valence-corrected chi connectivity index (χ2v) is 8.19. The van der Waals surface area contributed by atoms with Crippen molar-refractivity contribution < 1.29 is 9.59 Å². The molecule has 0 aliphatic heterocycles. The van der Waals surface area contributed by atoms with Crippen molar-refractivity contribution in [2.24, 2.45) is 0 Å². The Morgan fingerprint density at radius 2 is 1.69 bits per heavy atom. The molecule has 2 aromatic carbocycles. The largest absolute Gasteiger partial charge is 0.352 e. The normalized spacial score (nSPS) is 12.9. The molecule has 4 nitrogen and oxygen atoms in total. The first-order valence-electron chi connectivity index (χ1n) is 10.1. The van der Waals surface area contributed by atoms with Crippen molar-refractivity contribution in [2.75, 3.05) is 0 Å². The summed E-state index contributed by atoms with van der Waals surface area (Å²) in [7, 11) is 0. The van der Waals surface area contributed by atoms with Gasteiger partial charge in [-0.1, -0.05) is 66.0 Å². The van der Waals surface area contributed by atoms with Crippen LogP contribution < -0.4 is 5.32 Å². The van der Waals surface area contributed by atoms with E-state index >= 15 is 0 Å². The molecule has 5 heteroatoms. The molecule has 0 radical (unpaired) electrons. The monoisotopic (exact) mass is 414 g/mol. The molecule has 2 rings (SSSR count). The maximum Gasteiger partial charge on any atom is 0.242 e. The molecule has 156 valence electrons. The Morgan fingerprint density at radius 1 is 1.07 bits per heavy atom. The summed E-state index contributed by atoms with van der Waals surface area (Å²) >= 11 is 6.33. The average molecular weight is 415 g/mol. The van der Waals surface area contributed by atoms with Gasteiger partial charge in [0.25, 0.3) is 0 Å². The topological polar surface area (TPSA) is 49.4 Å². The lowest BCUT2D eigenvalue weighted by molar-refractivity contribution is -0.140. The van der Waals surface area contributed by atoms with Gasteiger partial charge < -0.3 is 10.2 Å². The molecule has 0 heterocycles. The molecule has 0 aliphatic rings. The lowest BCUT2D eigenvalue weighted by atomic mass is 10.0. The zero-order chi connectivity index (χ0) is 21.6. The van der Waals surface area contributed by atoms with Crippen LogP contribution in [0.1, 0.15) is 49.4 Å². The number of carbonyl (C=O) groups is 2. The van der Waals surface area contributed by atoms with E-state index in [0.29, 0.717) is 11.6 Å². The number of rotatable bonds is 8. The summed E-state index contributed by atoms with van der Waals surface area (Å²) in [6, 6.07) is 13.0. The minimum absolute atomic E-state index is 0.0571. The molecule has 2 amide bonds. The minimum Gasteiger partial charge on any atom is -0.352 e.